The fraction of sp³-hybridized carbons (Fsp3) is 0.462. The number of nitrogens with zero attached hydrogens (tertiary/aromatic N) is 1. The second-order valence-electron chi connectivity index (χ2n) is 9.06. The van der Waals surface area contributed by atoms with Crippen molar-refractivity contribution in [2.24, 2.45) is 0 Å². The molecule has 1 aliphatic carbocycles. The quantitative estimate of drug-likeness (QED) is 0.551. The summed E-state index contributed by atoms with van der Waals surface area (Å²) in [5.74, 6) is -0.177. The molecule has 0 aromatic heterocycles. The molecule has 0 radical (unpaired) electrons. The van der Waals surface area contributed by atoms with Crippen LogP contribution in [0.25, 0.3) is 0 Å². The van der Waals surface area contributed by atoms with Crippen molar-refractivity contribution in [3.63, 3.8) is 0 Å². The molecule has 0 spiro atoms. The normalized spacial score (nSPS) is 18.9. The first-order valence-electron chi connectivity index (χ1n) is 12.0. The van der Waals surface area contributed by atoms with Gasteiger partial charge in [0, 0.05) is 35.9 Å². The van der Waals surface area contributed by atoms with Gasteiger partial charge in [-0.3, -0.25) is 4.79 Å². The lowest BCUT2D eigenvalue weighted by atomic mass is 9.92. The third-order valence-corrected chi connectivity index (χ3v) is 6.99. The number of nitrogens with one attached hydrogen (secondary N) is 3. The summed E-state index contributed by atoms with van der Waals surface area (Å²) in [6.45, 7) is 2.05. The van der Waals surface area contributed by atoms with Crippen molar-refractivity contribution in [1.82, 2.24) is 15.5 Å². The number of halogens is 1. The summed E-state index contributed by atoms with van der Waals surface area (Å²) in [6, 6.07) is 15.9. The Kier molecular flexibility index (Phi) is 8.24. The number of urea groups is 1. The lowest BCUT2D eigenvalue weighted by molar-refractivity contribution is -0.124. The number of rotatable bonds is 6. The molecule has 1 heterocycles. The highest BCUT2D eigenvalue weighted by Gasteiger charge is 2.29. The maximum atomic E-state index is 13.2. The Labute approximate surface area is 201 Å². The lowest BCUT2D eigenvalue weighted by Crippen LogP contribution is -2.51. The molecule has 2 aromatic rings. The smallest absolute Gasteiger partial charge is 0.320 e. The van der Waals surface area contributed by atoms with Gasteiger partial charge in [-0.25, -0.2) is 4.79 Å². The Balaban J connectivity index is 1.35. The Bertz CT molecular complexity index is 908. The van der Waals surface area contributed by atoms with Crippen LogP contribution in [0, 0.1) is 0 Å². The molecule has 1 aliphatic heterocycles. The van der Waals surface area contributed by atoms with Crippen LogP contribution < -0.4 is 16.0 Å². The lowest BCUT2D eigenvalue weighted by Gasteiger charge is -2.39. The fourth-order valence-corrected chi connectivity index (χ4v) is 5.04. The Morgan fingerprint density at radius 3 is 2.21 bits per heavy atom. The molecule has 0 bridgehead atoms. The summed E-state index contributed by atoms with van der Waals surface area (Å²) < 4.78 is 0. The van der Waals surface area contributed by atoms with E-state index in [1.165, 1.54) is 32.1 Å². The summed E-state index contributed by atoms with van der Waals surface area (Å²) in [5.41, 5.74) is 1.36. The Morgan fingerprint density at radius 1 is 0.879 bits per heavy atom. The van der Waals surface area contributed by atoms with Crippen LogP contribution >= 0.6 is 11.6 Å². The zero-order chi connectivity index (χ0) is 23.0. The van der Waals surface area contributed by atoms with E-state index in [2.05, 4.69) is 20.9 Å². The molecule has 1 atom stereocenters. The number of hydrogen-bond acceptors (Lipinski definition) is 3. The van der Waals surface area contributed by atoms with Crippen LogP contribution in [0.15, 0.2) is 54.6 Å². The summed E-state index contributed by atoms with van der Waals surface area (Å²) in [4.78, 5) is 28.5. The van der Waals surface area contributed by atoms with Gasteiger partial charge in [-0.15, -0.1) is 0 Å². The van der Waals surface area contributed by atoms with E-state index >= 15 is 0 Å². The van der Waals surface area contributed by atoms with Crippen molar-refractivity contribution in [1.29, 1.82) is 0 Å². The minimum absolute atomic E-state index is 0.129. The van der Waals surface area contributed by atoms with Crippen molar-refractivity contribution in [3.05, 3.63) is 65.2 Å². The first kappa shape index (κ1) is 23.6. The number of amides is 3. The largest absolute Gasteiger partial charge is 0.351 e. The summed E-state index contributed by atoms with van der Waals surface area (Å²) in [5, 5.41) is 9.40. The second kappa shape index (κ2) is 11.5. The minimum atomic E-state index is -0.769. The molecule has 4 rings (SSSR count). The molecule has 2 fully saturated rings. The van der Waals surface area contributed by atoms with E-state index in [1.807, 2.05) is 30.3 Å². The highest BCUT2D eigenvalue weighted by atomic mass is 35.5. The zero-order valence-corrected chi connectivity index (χ0v) is 19.7. The second-order valence-corrected chi connectivity index (χ2v) is 9.50. The Morgan fingerprint density at radius 2 is 1.55 bits per heavy atom. The van der Waals surface area contributed by atoms with Crippen LogP contribution in [0.5, 0.6) is 0 Å². The third-order valence-electron chi connectivity index (χ3n) is 6.74. The van der Waals surface area contributed by atoms with Crippen LogP contribution in [-0.4, -0.2) is 42.0 Å². The van der Waals surface area contributed by atoms with Gasteiger partial charge in [-0.05, 0) is 55.5 Å². The van der Waals surface area contributed by atoms with Gasteiger partial charge >= 0.3 is 6.03 Å². The molecule has 1 saturated carbocycles. The molecule has 6 nitrogen and oxygen atoms in total. The highest BCUT2D eigenvalue weighted by molar-refractivity contribution is 6.30. The van der Waals surface area contributed by atoms with Gasteiger partial charge in [0.2, 0.25) is 5.91 Å². The number of anilines is 1. The van der Waals surface area contributed by atoms with E-state index in [1.54, 1.807) is 24.3 Å². The molecule has 3 N–H and O–H groups in total. The molecular formula is C26H33ClN4O2. The standard InChI is InChI=1S/C26H33ClN4O2/c27-20-11-13-21(14-12-20)29-26(33)30-24(19-7-3-1-4-8-19)25(32)28-22-15-17-31(18-16-22)23-9-5-2-6-10-23/h1,3-4,7-8,11-14,22-24H,2,5-6,9-10,15-18H2,(H,28,32)(H2,29,30,33). The van der Waals surface area contributed by atoms with Gasteiger partial charge in [0.1, 0.15) is 6.04 Å². The van der Waals surface area contributed by atoms with Gasteiger partial charge in [-0.2, -0.15) is 0 Å². The molecule has 2 aromatic carbocycles. The van der Waals surface area contributed by atoms with Gasteiger partial charge < -0.3 is 20.9 Å². The number of likely N-dealkylation sites (tertiary alicyclic amines) is 1. The third kappa shape index (κ3) is 6.71. The van der Waals surface area contributed by atoms with Crippen LogP contribution in [0.1, 0.15) is 56.6 Å². The van der Waals surface area contributed by atoms with Crippen molar-refractivity contribution >= 4 is 29.2 Å². The monoisotopic (exact) mass is 468 g/mol. The molecule has 1 unspecified atom stereocenters. The average molecular weight is 469 g/mol. The van der Waals surface area contributed by atoms with Crippen LogP contribution in [-0.2, 0) is 4.79 Å². The van der Waals surface area contributed by atoms with Crippen molar-refractivity contribution in [2.45, 2.75) is 63.1 Å². The molecule has 7 heteroatoms. The van der Waals surface area contributed by atoms with Gasteiger partial charge in [0.15, 0.2) is 0 Å². The van der Waals surface area contributed by atoms with E-state index in [-0.39, 0.29) is 11.9 Å². The summed E-state index contributed by atoms with van der Waals surface area (Å²) in [6.07, 6.45) is 8.54. The van der Waals surface area contributed by atoms with Gasteiger partial charge in [-0.1, -0.05) is 61.2 Å². The number of piperidine rings is 1. The van der Waals surface area contributed by atoms with E-state index in [0.717, 1.165) is 31.5 Å². The number of carbonyl (C=O) groups excluding carboxylic acids is 2. The average Bonchev–Trinajstić information content (AvgIpc) is 2.85. The van der Waals surface area contributed by atoms with E-state index in [0.29, 0.717) is 16.8 Å². The van der Waals surface area contributed by atoms with Crippen molar-refractivity contribution < 1.29 is 9.59 Å². The maximum absolute atomic E-state index is 13.2. The van der Waals surface area contributed by atoms with Crippen LogP contribution in [0.4, 0.5) is 10.5 Å². The van der Waals surface area contributed by atoms with Crippen molar-refractivity contribution in [2.75, 3.05) is 18.4 Å². The number of hydrogen-bond donors (Lipinski definition) is 3. The fourth-order valence-electron chi connectivity index (χ4n) is 4.92. The first-order chi connectivity index (χ1) is 16.1. The van der Waals surface area contributed by atoms with E-state index in [9.17, 15) is 9.59 Å². The van der Waals surface area contributed by atoms with Crippen LogP contribution in [0.2, 0.25) is 5.02 Å². The minimum Gasteiger partial charge on any atom is -0.351 e. The predicted molar refractivity (Wildman–Crippen MR) is 132 cm³/mol. The molecule has 176 valence electrons. The number of benzene rings is 2. The highest BCUT2D eigenvalue weighted by Crippen LogP contribution is 2.25. The Hall–Kier alpha value is -2.57. The molecule has 2 aliphatic rings. The maximum Gasteiger partial charge on any atom is 0.320 e. The topological polar surface area (TPSA) is 73.5 Å². The van der Waals surface area contributed by atoms with Crippen LogP contribution in [0.3, 0.4) is 0 Å². The van der Waals surface area contributed by atoms with E-state index < -0.39 is 12.1 Å². The predicted octanol–water partition coefficient (Wildman–Crippen LogP) is 5.12. The van der Waals surface area contributed by atoms with Crippen molar-refractivity contribution in [3.8, 4) is 0 Å². The zero-order valence-electron chi connectivity index (χ0n) is 18.9. The molecule has 1 saturated heterocycles. The van der Waals surface area contributed by atoms with Gasteiger partial charge in [0.25, 0.3) is 0 Å². The summed E-state index contributed by atoms with van der Waals surface area (Å²) in [7, 11) is 0. The number of carbonyl (C=O) groups is 2. The van der Waals surface area contributed by atoms with Gasteiger partial charge in [0.05, 0.1) is 0 Å². The van der Waals surface area contributed by atoms with E-state index in [4.69, 9.17) is 11.6 Å². The molecule has 33 heavy (non-hydrogen) atoms. The summed E-state index contributed by atoms with van der Waals surface area (Å²) >= 11 is 5.92. The first-order valence-corrected chi connectivity index (χ1v) is 12.4. The molecular weight excluding hydrogens is 436 g/mol. The SMILES string of the molecule is O=C(Nc1ccc(Cl)cc1)NC(C(=O)NC1CCN(C2CCCCC2)CC1)c1ccccc1. The molecule has 3 amide bonds.